The lowest BCUT2D eigenvalue weighted by molar-refractivity contribution is -0.150. The molecule has 0 aromatic carbocycles. The van der Waals surface area contributed by atoms with Crippen LogP contribution in [-0.4, -0.2) is 45.0 Å². The Hall–Kier alpha value is -1.24. The molecule has 0 aromatic rings. The predicted molar refractivity (Wildman–Crippen MR) is 67.2 cm³/mol. The first-order chi connectivity index (χ1) is 8.17. The van der Waals surface area contributed by atoms with Gasteiger partial charge in [0.05, 0.1) is 0 Å². The van der Waals surface area contributed by atoms with Crippen molar-refractivity contribution in [3.05, 3.63) is 0 Å². The Balaban J connectivity index is 2.87. The van der Waals surface area contributed by atoms with Gasteiger partial charge in [0.25, 0.3) is 0 Å². The van der Waals surface area contributed by atoms with Gasteiger partial charge in [0.1, 0.15) is 5.41 Å². The lowest BCUT2D eigenvalue weighted by Crippen LogP contribution is -2.64. The highest BCUT2D eigenvalue weighted by molar-refractivity contribution is 7.84. The number of amides is 4. The summed E-state index contributed by atoms with van der Waals surface area (Å²) in [7, 11) is -0.976. The number of carbonyl (C=O) groups excluding carboxylic acids is 3. The second-order valence-corrected chi connectivity index (χ2v) is 6.53. The normalized spacial score (nSPS) is 22.7. The van der Waals surface area contributed by atoms with Crippen LogP contribution in [0.5, 0.6) is 0 Å². The average molecular weight is 274 g/mol. The number of hydrogen-bond donors (Lipinski definition) is 1. The summed E-state index contributed by atoms with van der Waals surface area (Å²) in [5.41, 5.74) is -1.24. The van der Waals surface area contributed by atoms with Crippen LogP contribution in [0, 0.1) is 5.41 Å². The summed E-state index contributed by atoms with van der Waals surface area (Å²) >= 11 is 0. The van der Waals surface area contributed by atoms with Crippen molar-refractivity contribution in [2.24, 2.45) is 5.41 Å². The van der Waals surface area contributed by atoms with Gasteiger partial charge in [-0.25, -0.2) is 4.79 Å². The Kier molecular flexibility index (Phi) is 4.26. The van der Waals surface area contributed by atoms with Crippen LogP contribution in [0.2, 0.25) is 0 Å². The van der Waals surface area contributed by atoms with Gasteiger partial charge < -0.3 is 0 Å². The minimum atomic E-state index is -1.24. The van der Waals surface area contributed by atoms with Gasteiger partial charge >= 0.3 is 6.03 Å². The van der Waals surface area contributed by atoms with E-state index >= 15 is 0 Å². The highest BCUT2D eigenvalue weighted by atomic mass is 32.2. The molecule has 6 nitrogen and oxygen atoms in total. The second kappa shape index (κ2) is 5.17. The monoisotopic (exact) mass is 274 g/mol. The maximum Gasteiger partial charge on any atom is 0.331 e. The molecule has 1 aliphatic rings. The summed E-state index contributed by atoms with van der Waals surface area (Å²) < 4.78 is 11.0. The van der Waals surface area contributed by atoms with Crippen LogP contribution in [0.25, 0.3) is 0 Å². The molecule has 2 unspecified atom stereocenters. The molecule has 1 aliphatic heterocycles. The Bertz CT molecular complexity index is 419. The molecule has 0 saturated carbocycles. The van der Waals surface area contributed by atoms with Crippen molar-refractivity contribution in [3.8, 4) is 0 Å². The van der Waals surface area contributed by atoms with E-state index in [4.69, 9.17) is 0 Å². The van der Waals surface area contributed by atoms with Crippen molar-refractivity contribution >= 4 is 28.6 Å². The summed E-state index contributed by atoms with van der Waals surface area (Å²) in [5, 5.41) is 2.17. The van der Waals surface area contributed by atoms with E-state index in [1.165, 1.54) is 13.8 Å². The fourth-order valence-corrected chi connectivity index (χ4v) is 2.34. The molecule has 4 amide bonds. The molecule has 0 aromatic heterocycles. The summed E-state index contributed by atoms with van der Waals surface area (Å²) in [6, 6.07) is -1.08. The van der Waals surface area contributed by atoms with Crippen molar-refractivity contribution < 1.29 is 18.6 Å². The summed E-state index contributed by atoms with van der Waals surface area (Å²) in [5.74, 6) is -0.683. The number of carbonyl (C=O) groups is 3. The molecule has 0 radical (unpaired) electrons. The lowest BCUT2D eigenvalue weighted by atomic mass is 9.88. The molecule has 7 heteroatoms. The Morgan fingerprint density at radius 3 is 2.39 bits per heavy atom. The Morgan fingerprint density at radius 1 is 1.33 bits per heavy atom. The zero-order valence-corrected chi connectivity index (χ0v) is 11.8. The third-order valence-corrected chi connectivity index (χ3v) is 3.83. The van der Waals surface area contributed by atoms with Gasteiger partial charge in [-0.3, -0.25) is 24.0 Å². The lowest BCUT2D eigenvalue weighted by Gasteiger charge is -2.37. The van der Waals surface area contributed by atoms with Crippen LogP contribution in [0.15, 0.2) is 0 Å². The Labute approximate surface area is 109 Å². The van der Waals surface area contributed by atoms with Crippen molar-refractivity contribution in [1.82, 2.24) is 10.2 Å². The van der Waals surface area contributed by atoms with Gasteiger partial charge in [-0.15, -0.1) is 0 Å². The van der Waals surface area contributed by atoms with Crippen LogP contribution < -0.4 is 5.32 Å². The maximum atomic E-state index is 12.1. The third-order valence-electron chi connectivity index (χ3n) is 3.02. The van der Waals surface area contributed by atoms with Gasteiger partial charge in [0, 0.05) is 28.9 Å². The highest BCUT2D eigenvalue weighted by Gasteiger charge is 2.48. The first-order valence-corrected chi connectivity index (χ1v) is 7.39. The predicted octanol–water partition coefficient (Wildman–Crippen LogP) is 0.248. The molecule has 1 fully saturated rings. The second-order valence-electron chi connectivity index (χ2n) is 4.97. The van der Waals surface area contributed by atoms with Crippen LogP contribution in [0.1, 0.15) is 27.2 Å². The Morgan fingerprint density at radius 2 is 1.89 bits per heavy atom. The molecule has 0 aliphatic carbocycles. The summed E-state index contributed by atoms with van der Waals surface area (Å²) in [6.45, 7) is 4.67. The van der Waals surface area contributed by atoms with Crippen molar-refractivity contribution in [3.63, 3.8) is 0 Å². The van der Waals surface area contributed by atoms with E-state index in [-0.39, 0.29) is 6.04 Å². The number of rotatable bonds is 4. The summed E-state index contributed by atoms with van der Waals surface area (Å²) in [4.78, 5) is 36.4. The molecule has 1 N–H and O–H groups in total. The van der Waals surface area contributed by atoms with E-state index < -0.39 is 34.1 Å². The summed E-state index contributed by atoms with van der Waals surface area (Å²) in [6.07, 6.45) is 2.02. The topological polar surface area (TPSA) is 83.6 Å². The smallest absolute Gasteiger partial charge is 0.277 e. The molecule has 1 heterocycles. The molecule has 102 valence electrons. The number of nitrogens with one attached hydrogen (secondary N) is 1. The van der Waals surface area contributed by atoms with Crippen LogP contribution in [0.3, 0.4) is 0 Å². The van der Waals surface area contributed by atoms with Crippen molar-refractivity contribution in [1.29, 1.82) is 0 Å². The van der Waals surface area contributed by atoms with Gasteiger partial charge in [-0.1, -0.05) is 0 Å². The van der Waals surface area contributed by atoms with Crippen molar-refractivity contribution in [2.45, 2.75) is 33.2 Å². The molecule has 1 saturated heterocycles. The SMILES string of the molecule is CC(CCS(C)=O)N1C(=O)NC(=O)C(C)(C)C1=O. The fourth-order valence-electron chi connectivity index (χ4n) is 1.67. The van der Waals surface area contributed by atoms with E-state index in [1.807, 2.05) is 0 Å². The number of imide groups is 2. The number of nitrogens with zero attached hydrogens (tertiary/aromatic N) is 1. The molecule has 2 atom stereocenters. The molecular formula is C11H18N2O4S. The third kappa shape index (κ3) is 2.77. The maximum absolute atomic E-state index is 12.1. The van der Waals surface area contributed by atoms with E-state index in [1.54, 1.807) is 13.2 Å². The molecular weight excluding hydrogens is 256 g/mol. The van der Waals surface area contributed by atoms with Crippen molar-refractivity contribution in [2.75, 3.05) is 12.0 Å². The first kappa shape index (κ1) is 14.8. The molecule has 1 rings (SSSR count). The minimum absolute atomic E-state index is 0.381. The van der Waals surface area contributed by atoms with Crippen LogP contribution in [0.4, 0.5) is 4.79 Å². The standard InChI is InChI=1S/C11H18N2O4S/c1-7(5-6-18(4)17)13-9(15)11(2,3)8(14)12-10(13)16/h7H,5-6H2,1-4H3,(H,12,14,16). The van der Waals surface area contributed by atoms with Crippen LogP contribution in [-0.2, 0) is 20.4 Å². The van der Waals surface area contributed by atoms with Crippen LogP contribution >= 0.6 is 0 Å². The number of barbiturate groups is 1. The minimum Gasteiger partial charge on any atom is -0.277 e. The average Bonchev–Trinajstić information content (AvgIpc) is 2.24. The fraction of sp³-hybridized carbons (Fsp3) is 0.727. The number of urea groups is 1. The first-order valence-electron chi connectivity index (χ1n) is 5.67. The largest absolute Gasteiger partial charge is 0.331 e. The zero-order chi connectivity index (χ0) is 14.1. The van der Waals surface area contributed by atoms with E-state index in [0.717, 1.165) is 4.90 Å². The molecule has 0 bridgehead atoms. The van der Waals surface area contributed by atoms with Gasteiger partial charge in [0.15, 0.2) is 0 Å². The molecule has 0 spiro atoms. The van der Waals surface area contributed by atoms with Gasteiger partial charge in [-0.2, -0.15) is 0 Å². The van der Waals surface area contributed by atoms with E-state index in [2.05, 4.69) is 5.32 Å². The van der Waals surface area contributed by atoms with E-state index in [9.17, 15) is 18.6 Å². The highest BCUT2D eigenvalue weighted by Crippen LogP contribution is 2.25. The van der Waals surface area contributed by atoms with E-state index in [0.29, 0.717) is 12.2 Å². The van der Waals surface area contributed by atoms with Gasteiger partial charge in [0.2, 0.25) is 11.8 Å². The molecule has 18 heavy (non-hydrogen) atoms. The quantitative estimate of drug-likeness (QED) is 0.745. The number of hydrogen-bond acceptors (Lipinski definition) is 4. The van der Waals surface area contributed by atoms with Gasteiger partial charge in [-0.05, 0) is 27.2 Å². The zero-order valence-electron chi connectivity index (χ0n) is 11.0.